The van der Waals surface area contributed by atoms with E-state index in [1.54, 1.807) is 36.5 Å². The van der Waals surface area contributed by atoms with Gasteiger partial charge in [0.25, 0.3) is 11.8 Å². The van der Waals surface area contributed by atoms with Crippen LogP contribution in [0.1, 0.15) is 16.1 Å². The van der Waals surface area contributed by atoms with E-state index in [1.165, 1.54) is 0 Å². The van der Waals surface area contributed by atoms with Gasteiger partial charge in [-0.1, -0.05) is 18.2 Å². The number of H-pyrrole nitrogens is 1. The molecule has 0 aliphatic heterocycles. The van der Waals surface area contributed by atoms with Crippen molar-refractivity contribution in [3.8, 4) is 0 Å². The molecule has 24 heavy (non-hydrogen) atoms. The molecule has 0 aliphatic carbocycles. The van der Waals surface area contributed by atoms with Gasteiger partial charge in [0.05, 0.1) is 0 Å². The van der Waals surface area contributed by atoms with E-state index in [1.807, 2.05) is 37.2 Å². The largest absolute Gasteiger partial charge is 0.362 e. The number of aromatic amines is 1. The van der Waals surface area contributed by atoms with Gasteiger partial charge in [0.15, 0.2) is 0 Å². The van der Waals surface area contributed by atoms with Crippen molar-refractivity contribution in [2.24, 2.45) is 0 Å². The highest BCUT2D eigenvalue weighted by Gasteiger charge is 2.14. The Balaban J connectivity index is 2.11. The zero-order chi connectivity index (χ0) is 17.4. The predicted octanol–water partition coefficient (Wildman–Crippen LogP) is 1.46. The summed E-state index contributed by atoms with van der Waals surface area (Å²) in [5, 5.41) is 5.49. The van der Waals surface area contributed by atoms with E-state index < -0.39 is 0 Å². The maximum absolute atomic E-state index is 12.4. The van der Waals surface area contributed by atoms with Crippen LogP contribution in [0.5, 0.6) is 0 Å². The SMILES string of the molecule is CN(C)CCNC(=O)/C(=C/c1ccc[nH]1)NC(=O)c1ccccc1. The third-order valence-corrected chi connectivity index (χ3v) is 3.30. The van der Waals surface area contributed by atoms with Crippen molar-refractivity contribution < 1.29 is 9.59 Å². The Morgan fingerprint density at radius 2 is 1.88 bits per heavy atom. The van der Waals surface area contributed by atoms with Crippen LogP contribution in [0.25, 0.3) is 6.08 Å². The molecule has 0 unspecified atom stereocenters. The summed E-state index contributed by atoms with van der Waals surface area (Å²) < 4.78 is 0. The quantitative estimate of drug-likeness (QED) is 0.674. The van der Waals surface area contributed by atoms with Crippen molar-refractivity contribution >= 4 is 17.9 Å². The number of hydrogen-bond acceptors (Lipinski definition) is 3. The summed E-state index contributed by atoms with van der Waals surface area (Å²) in [5.74, 6) is -0.646. The zero-order valence-corrected chi connectivity index (χ0v) is 13.9. The summed E-state index contributed by atoms with van der Waals surface area (Å²) in [6, 6.07) is 12.4. The summed E-state index contributed by atoms with van der Waals surface area (Å²) in [4.78, 5) is 29.7. The number of hydrogen-bond donors (Lipinski definition) is 3. The Labute approximate surface area is 141 Å². The average molecular weight is 326 g/mol. The van der Waals surface area contributed by atoms with Crippen LogP contribution in [0.15, 0.2) is 54.4 Å². The Bertz CT molecular complexity index is 691. The second-order valence-electron chi connectivity index (χ2n) is 5.56. The van der Waals surface area contributed by atoms with Crippen LogP contribution in [0.4, 0.5) is 0 Å². The van der Waals surface area contributed by atoms with Crippen LogP contribution in [-0.4, -0.2) is 48.9 Å². The smallest absolute Gasteiger partial charge is 0.267 e. The average Bonchev–Trinajstić information content (AvgIpc) is 3.07. The molecule has 0 bridgehead atoms. The molecule has 0 radical (unpaired) electrons. The van der Waals surface area contributed by atoms with Crippen LogP contribution in [0.3, 0.4) is 0 Å². The summed E-state index contributed by atoms with van der Waals surface area (Å²) >= 11 is 0. The summed E-state index contributed by atoms with van der Waals surface area (Å²) in [6.07, 6.45) is 3.37. The molecule has 0 atom stereocenters. The molecule has 6 heteroatoms. The van der Waals surface area contributed by atoms with E-state index in [9.17, 15) is 9.59 Å². The molecule has 6 nitrogen and oxygen atoms in total. The maximum Gasteiger partial charge on any atom is 0.267 e. The third-order valence-electron chi connectivity index (χ3n) is 3.30. The van der Waals surface area contributed by atoms with Gasteiger partial charge < -0.3 is 20.5 Å². The molecule has 2 aromatic rings. The lowest BCUT2D eigenvalue weighted by atomic mass is 10.2. The van der Waals surface area contributed by atoms with Gasteiger partial charge in [-0.15, -0.1) is 0 Å². The Kier molecular flexibility index (Phi) is 6.33. The third kappa shape index (κ3) is 5.40. The fourth-order valence-corrected chi connectivity index (χ4v) is 2.02. The standard InChI is InChI=1S/C18H22N4O2/c1-22(2)12-11-20-18(24)16(13-15-9-6-10-19-15)21-17(23)14-7-4-3-5-8-14/h3-10,13,19H,11-12H2,1-2H3,(H,20,24)(H,21,23)/b16-13-. The van der Waals surface area contributed by atoms with Gasteiger partial charge in [-0.25, -0.2) is 0 Å². The first-order valence-corrected chi connectivity index (χ1v) is 7.70. The van der Waals surface area contributed by atoms with Gasteiger partial charge in [-0.05, 0) is 44.4 Å². The number of benzene rings is 1. The number of nitrogens with zero attached hydrogens (tertiary/aromatic N) is 1. The number of rotatable bonds is 7. The van der Waals surface area contributed by atoms with E-state index in [0.717, 1.165) is 5.69 Å². The highest BCUT2D eigenvalue weighted by molar-refractivity contribution is 6.05. The molecular formula is C18H22N4O2. The second kappa shape index (κ2) is 8.69. The Morgan fingerprint density at radius 1 is 1.12 bits per heavy atom. The van der Waals surface area contributed by atoms with Gasteiger partial charge in [0.1, 0.15) is 5.70 Å². The van der Waals surface area contributed by atoms with Crippen molar-refractivity contribution in [3.05, 3.63) is 65.6 Å². The number of carbonyl (C=O) groups is 2. The van der Waals surface area contributed by atoms with Gasteiger partial charge in [0.2, 0.25) is 0 Å². The number of carbonyl (C=O) groups excluding carboxylic acids is 2. The molecule has 1 heterocycles. The first kappa shape index (κ1) is 17.5. The van der Waals surface area contributed by atoms with Crippen molar-refractivity contribution in [2.75, 3.05) is 27.2 Å². The van der Waals surface area contributed by atoms with Crippen LogP contribution in [0, 0.1) is 0 Å². The monoisotopic (exact) mass is 326 g/mol. The van der Waals surface area contributed by atoms with Crippen molar-refractivity contribution in [2.45, 2.75) is 0 Å². The Morgan fingerprint density at radius 3 is 2.50 bits per heavy atom. The minimum Gasteiger partial charge on any atom is -0.362 e. The number of nitrogens with one attached hydrogen (secondary N) is 3. The van der Waals surface area contributed by atoms with Gasteiger partial charge >= 0.3 is 0 Å². The molecule has 1 aromatic carbocycles. The number of likely N-dealkylation sites (N-methyl/N-ethyl adjacent to an activating group) is 1. The molecule has 3 N–H and O–H groups in total. The van der Waals surface area contributed by atoms with E-state index in [4.69, 9.17) is 0 Å². The normalized spacial score (nSPS) is 11.4. The lowest BCUT2D eigenvalue weighted by Crippen LogP contribution is -2.37. The first-order chi connectivity index (χ1) is 11.6. The molecular weight excluding hydrogens is 304 g/mol. The Hall–Kier alpha value is -2.86. The van der Waals surface area contributed by atoms with E-state index in [0.29, 0.717) is 18.7 Å². The van der Waals surface area contributed by atoms with Gasteiger partial charge in [-0.2, -0.15) is 0 Å². The van der Waals surface area contributed by atoms with E-state index in [-0.39, 0.29) is 17.5 Å². The molecule has 2 amide bonds. The lowest BCUT2D eigenvalue weighted by Gasteiger charge is -2.13. The summed E-state index contributed by atoms with van der Waals surface area (Å²) in [7, 11) is 3.86. The minimum atomic E-state index is -0.323. The molecule has 126 valence electrons. The number of aromatic nitrogens is 1. The maximum atomic E-state index is 12.4. The fraction of sp³-hybridized carbons (Fsp3) is 0.222. The lowest BCUT2D eigenvalue weighted by molar-refractivity contribution is -0.117. The van der Waals surface area contributed by atoms with Gasteiger partial charge in [-0.3, -0.25) is 9.59 Å². The molecule has 2 rings (SSSR count). The highest BCUT2D eigenvalue weighted by Crippen LogP contribution is 2.05. The molecule has 0 fully saturated rings. The number of amides is 2. The molecule has 0 saturated carbocycles. The molecule has 0 spiro atoms. The fourth-order valence-electron chi connectivity index (χ4n) is 2.02. The van der Waals surface area contributed by atoms with Crippen LogP contribution in [0.2, 0.25) is 0 Å². The van der Waals surface area contributed by atoms with Crippen molar-refractivity contribution in [1.29, 1.82) is 0 Å². The van der Waals surface area contributed by atoms with Crippen LogP contribution in [-0.2, 0) is 4.79 Å². The topological polar surface area (TPSA) is 77.2 Å². The summed E-state index contributed by atoms with van der Waals surface area (Å²) in [5.41, 5.74) is 1.43. The summed E-state index contributed by atoms with van der Waals surface area (Å²) in [6.45, 7) is 1.21. The highest BCUT2D eigenvalue weighted by atomic mass is 16.2. The van der Waals surface area contributed by atoms with Crippen LogP contribution < -0.4 is 10.6 Å². The first-order valence-electron chi connectivity index (χ1n) is 7.70. The minimum absolute atomic E-state index is 0.199. The van der Waals surface area contributed by atoms with E-state index in [2.05, 4.69) is 15.6 Å². The van der Waals surface area contributed by atoms with Crippen molar-refractivity contribution in [1.82, 2.24) is 20.5 Å². The molecule has 1 aromatic heterocycles. The molecule has 0 saturated heterocycles. The van der Waals surface area contributed by atoms with Crippen LogP contribution >= 0.6 is 0 Å². The predicted molar refractivity (Wildman–Crippen MR) is 94.2 cm³/mol. The molecule has 0 aliphatic rings. The second-order valence-corrected chi connectivity index (χ2v) is 5.56. The van der Waals surface area contributed by atoms with Gasteiger partial charge in [0, 0.05) is 30.5 Å². The van der Waals surface area contributed by atoms with Crippen molar-refractivity contribution in [3.63, 3.8) is 0 Å². The van der Waals surface area contributed by atoms with E-state index >= 15 is 0 Å². The zero-order valence-electron chi connectivity index (χ0n) is 13.9.